The van der Waals surface area contributed by atoms with E-state index in [-0.39, 0.29) is 0 Å². The highest BCUT2D eigenvalue weighted by Crippen LogP contribution is 2.39. The van der Waals surface area contributed by atoms with E-state index in [1.54, 1.807) is 0 Å². The average molecular weight is 644 g/mol. The predicted molar refractivity (Wildman–Crippen MR) is 200 cm³/mol. The second-order valence-electron chi connectivity index (χ2n) is 11.5. The molecule has 230 valence electrons. The fourth-order valence-corrected chi connectivity index (χ4v) is 5.73. The summed E-state index contributed by atoms with van der Waals surface area (Å²) in [6.07, 6.45) is 0. The van der Waals surface area contributed by atoms with E-state index in [1.165, 1.54) is 0 Å². The van der Waals surface area contributed by atoms with Gasteiger partial charge in [-0.25, -0.2) is 0 Å². The first-order valence-corrected chi connectivity index (χ1v) is 15.9. The van der Waals surface area contributed by atoms with Gasteiger partial charge in [0.1, 0.15) is 0 Å². The van der Waals surface area contributed by atoms with E-state index in [1.807, 2.05) is 24.3 Å². The van der Waals surface area contributed by atoms with Crippen molar-refractivity contribution in [1.82, 2.24) is 0 Å². The highest BCUT2D eigenvalue weighted by molar-refractivity contribution is 6.31. The summed E-state index contributed by atoms with van der Waals surface area (Å²) in [5.41, 5.74) is 10.9. The molecule has 6 aromatic carbocycles. The van der Waals surface area contributed by atoms with Crippen LogP contribution in [0.25, 0.3) is 11.1 Å². The molecular weight excluding hydrogens is 607 g/mol. The number of benzene rings is 6. The molecule has 0 aliphatic heterocycles. The third-order valence-electron chi connectivity index (χ3n) is 8.00. The van der Waals surface area contributed by atoms with E-state index in [0.717, 1.165) is 56.6 Å². The van der Waals surface area contributed by atoms with E-state index >= 15 is 0 Å². The molecule has 0 amide bonds. The number of hydrogen-bond acceptors (Lipinski definition) is 4. The topological polar surface area (TPSA) is 13.0 Å². The van der Waals surface area contributed by atoms with Gasteiger partial charge < -0.3 is 19.6 Å². The molecule has 0 aliphatic carbocycles. The van der Waals surface area contributed by atoms with Crippen LogP contribution >= 0.6 is 23.2 Å². The summed E-state index contributed by atoms with van der Waals surface area (Å²) in [4.78, 5) is 8.69. The minimum Gasteiger partial charge on any atom is -0.378 e. The SMILES string of the molecule is CN(C)c1ccc(N(c2ccc(Cl)cc2)c2ccc(-c3ccc(N(c4ccc(Cl)cc4)c4ccc(N(C)C)cc4)cc3)cc2)cc1. The minimum absolute atomic E-state index is 0.714. The Morgan fingerprint density at radius 1 is 0.283 bits per heavy atom. The lowest BCUT2D eigenvalue weighted by Crippen LogP contribution is -2.11. The Morgan fingerprint density at radius 3 is 0.717 bits per heavy atom. The van der Waals surface area contributed by atoms with E-state index < -0.39 is 0 Å². The molecule has 6 heteroatoms. The molecule has 0 N–H and O–H groups in total. The first kappa shape index (κ1) is 31.1. The Kier molecular flexibility index (Phi) is 9.20. The van der Waals surface area contributed by atoms with Crippen LogP contribution in [0.2, 0.25) is 10.0 Å². The van der Waals surface area contributed by atoms with Crippen molar-refractivity contribution in [3.63, 3.8) is 0 Å². The molecule has 0 saturated heterocycles. The molecule has 0 fully saturated rings. The van der Waals surface area contributed by atoms with Crippen molar-refractivity contribution >= 4 is 68.7 Å². The van der Waals surface area contributed by atoms with Crippen LogP contribution in [0.1, 0.15) is 0 Å². The first-order chi connectivity index (χ1) is 22.3. The number of hydrogen-bond donors (Lipinski definition) is 0. The van der Waals surface area contributed by atoms with Crippen LogP contribution in [0.3, 0.4) is 0 Å². The van der Waals surface area contributed by atoms with Crippen molar-refractivity contribution < 1.29 is 0 Å². The predicted octanol–water partition coefficient (Wildman–Crippen LogP) is 11.7. The molecule has 46 heavy (non-hydrogen) atoms. The Hall–Kier alpha value is -4.90. The summed E-state index contributed by atoms with van der Waals surface area (Å²) < 4.78 is 0. The summed E-state index contributed by atoms with van der Waals surface area (Å²) in [5, 5.41) is 1.43. The van der Waals surface area contributed by atoms with Crippen LogP contribution in [-0.4, -0.2) is 28.2 Å². The summed E-state index contributed by atoms with van der Waals surface area (Å²) in [6.45, 7) is 0. The molecule has 6 aromatic rings. The fraction of sp³-hybridized carbons (Fsp3) is 0.100. The van der Waals surface area contributed by atoms with Gasteiger partial charge in [0.25, 0.3) is 0 Å². The molecule has 4 nitrogen and oxygen atoms in total. The lowest BCUT2D eigenvalue weighted by molar-refractivity contribution is 1.13. The summed E-state index contributed by atoms with van der Waals surface area (Å²) in [5.74, 6) is 0. The van der Waals surface area contributed by atoms with Gasteiger partial charge in [-0.1, -0.05) is 47.5 Å². The maximum atomic E-state index is 6.24. The maximum absolute atomic E-state index is 6.24. The molecule has 6 rings (SSSR count). The largest absolute Gasteiger partial charge is 0.378 e. The standard InChI is InChI=1S/C40H36Cl2N4/c1-43(2)33-21-25-39(26-22-33)45(37-17-9-31(41)10-18-37)35-13-5-29(6-14-35)30-7-15-36(16-8-30)46(38-19-11-32(42)12-20-38)40-27-23-34(24-28-40)44(3)4/h5-28H,1-4H3. The normalized spacial score (nSPS) is 10.8. The molecule has 0 radical (unpaired) electrons. The second-order valence-corrected chi connectivity index (χ2v) is 12.4. The molecule has 0 spiro atoms. The van der Waals surface area contributed by atoms with E-state index in [2.05, 4.69) is 169 Å². The molecule has 0 bridgehead atoms. The number of halogens is 2. The lowest BCUT2D eigenvalue weighted by atomic mass is 10.0. The van der Waals surface area contributed by atoms with E-state index in [4.69, 9.17) is 23.2 Å². The lowest BCUT2D eigenvalue weighted by Gasteiger charge is -2.27. The smallest absolute Gasteiger partial charge is 0.0463 e. The molecule has 0 aromatic heterocycles. The van der Waals surface area contributed by atoms with Crippen LogP contribution in [0.4, 0.5) is 45.5 Å². The van der Waals surface area contributed by atoms with Crippen molar-refractivity contribution in [2.45, 2.75) is 0 Å². The van der Waals surface area contributed by atoms with Crippen LogP contribution in [0.15, 0.2) is 146 Å². The quantitative estimate of drug-likeness (QED) is 0.155. The zero-order valence-corrected chi connectivity index (χ0v) is 27.9. The van der Waals surface area contributed by atoms with Crippen molar-refractivity contribution in [2.24, 2.45) is 0 Å². The van der Waals surface area contributed by atoms with Crippen LogP contribution in [0.5, 0.6) is 0 Å². The highest BCUT2D eigenvalue weighted by atomic mass is 35.5. The van der Waals surface area contributed by atoms with E-state index in [0.29, 0.717) is 10.0 Å². The van der Waals surface area contributed by atoms with Gasteiger partial charge in [0.05, 0.1) is 0 Å². The highest BCUT2D eigenvalue weighted by Gasteiger charge is 2.15. The maximum Gasteiger partial charge on any atom is 0.0463 e. The van der Waals surface area contributed by atoms with Gasteiger partial charge in [-0.2, -0.15) is 0 Å². The van der Waals surface area contributed by atoms with Gasteiger partial charge >= 0.3 is 0 Å². The Bertz CT molecular complexity index is 1720. The summed E-state index contributed by atoms with van der Waals surface area (Å²) >= 11 is 12.5. The third kappa shape index (κ3) is 6.84. The first-order valence-electron chi connectivity index (χ1n) is 15.1. The van der Waals surface area contributed by atoms with Crippen molar-refractivity contribution in [3.05, 3.63) is 156 Å². The molecule has 0 aliphatic rings. The zero-order chi connectivity index (χ0) is 32.2. The Labute approximate surface area is 282 Å². The van der Waals surface area contributed by atoms with Gasteiger partial charge in [0, 0.05) is 83.7 Å². The van der Waals surface area contributed by atoms with Crippen LogP contribution < -0.4 is 19.6 Å². The van der Waals surface area contributed by atoms with E-state index in [9.17, 15) is 0 Å². The van der Waals surface area contributed by atoms with Gasteiger partial charge in [0.2, 0.25) is 0 Å². The molecule has 0 heterocycles. The van der Waals surface area contributed by atoms with Crippen molar-refractivity contribution in [3.8, 4) is 11.1 Å². The number of anilines is 8. The van der Waals surface area contributed by atoms with Crippen molar-refractivity contribution in [2.75, 3.05) is 47.8 Å². The van der Waals surface area contributed by atoms with Gasteiger partial charge in [0.15, 0.2) is 0 Å². The molecule has 0 atom stereocenters. The van der Waals surface area contributed by atoms with Gasteiger partial charge in [-0.15, -0.1) is 0 Å². The van der Waals surface area contributed by atoms with Gasteiger partial charge in [-0.3, -0.25) is 0 Å². The van der Waals surface area contributed by atoms with Gasteiger partial charge in [-0.05, 0) is 132 Å². The number of rotatable bonds is 9. The monoisotopic (exact) mass is 642 g/mol. The van der Waals surface area contributed by atoms with Crippen LogP contribution in [0, 0.1) is 0 Å². The summed E-state index contributed by atoms with van der Waals surface area (Å²) in [7, 11) is 8.20. The molecule has 0 unspecified atom stereocenters. The second kappa shape index (κ2) is 13.6. The average Bonchev–Trinajstić information content (AvgIpc) is 3.08. The van der Waals surface area contributed by atoms with Crippen LogP contribution in [-0.2, 0) is 0 Å². The number of nitrogens with zero attached hydrogens (tertiary/aromatic N) is 4. The third-order valence-corrected chi connectivity index (χ3v) is 8.51. The Balaban J connectivity index is 1.31. The van der Waals surface area contributed by atoms with Crippen molar-refractivity contribution in [1.29, 1.82) is 0 Å². The molecule has 0 saturated carbocycles. The summed E-state index contributed by atoms with van der Waals surface area (Å²) in [6, 6.07) is 50.5. The minimum atomic E-state index is 0.714. The Morgan fingerprint density at radius 2 is 0.478 bits per heavy atom. The fourth-order valence-electron chi connectivity index (χ4n) is 5.48. The molecular formula is C40H36Cl2N4. The zero-order valence-electron chi connectivity index (χ0n) is 26.4.